The molecule has 0 radical (unpaired) electrons. The van der Waals surface area contributed by atoms with Crippen LogP contribution in [0.2, 0.25) is 0 Å². The van der Waals surface area contributed by atoms with Crippen LogP contribution in [0, 0.1) is 5.92 Å². The molecule has 2 unspecified atom stereocenters. The Labute approximate surface area is 119 Å². The minimum atomic E-state index is -0.0916. The molecule has 2 atom stereocenters. The summed E-state index contributed by atoms with van der Waals surface area (Å²) in [6.07, 6.45) is 2.60. The van der Waals surface area contributed by atoms with Crippen molar-refractivity contribution in [3.8, 4) is 5.75 Å². The summed E-state index contributed by atoms with van der Waals surface area (Å²) in [5.74, 6) is 0.859. The van der Waals surface area contributed by atoms with Crippen molar-refractivity contribution in [2.45, 2.75) is 31.9 Å². The van der Waals surface area contributed by atoms with E-state index in [1.807, 2.05) is 31.2 Å². The molecule has 4 heteroatoms. The summed E-state index contributed by atoms with van der Waals surface area (Å²) >= 11 is 0. The third-order valence-corrected chi connectivity index (χ3v) is 3.83. The second kappa shape index (κ2) is 5.94. The standard InChI is InChI=1S/C16H21NO3/c1-2-17-15-10-19-9-14(15)16(18)11-4-3-5-13(8-11)20-12-6-7-12/h3-5,8,12,14-15,17H,2,6-7,9-10H2,1H3. The van der Waals surface area contributed by atoms with Crippen molar-refractivity contribution in [3.63, 3.8) is 0 Å². The third-order valence-electron chi connectivity index (χ3n) is 3.83. The fourth-order valence-corrected chi connectivity index (χ4v) is 2.59. The van der Waals surface area contributed by atoms with Crippen molar-refractivity contribution in [2.75, 3.05) is 19.8 Å². The van der Waals surface area contributed by atoms with Gasteiger partial charge >= 0.3 is 0 Å². The van der Waals surface area contributed by atoms with Crippen LogP contribution in [0.3, 0.4) is 0 Å². The largest absolute Gasteiger partial charge is 0.490 e. The average molecular weight is 275 g/mol. The van der Waals surface area contributed by atoms with E-state index in [2.05, 4.69) is 5.32 Å². The van der Waals surface area contributed by atoms with Gasteiger partial charge in [-0.2, -0.15) is 0 Å². The molecule has 2 fully saturated rings. The molecule has 4 nitrogen and oxygen atoms in total. The van der Waals surface area contributed by atoms with Gasteiger partial charge in [-0.05, 0) is 31.5 Å². The molecule has 0 bridgehead atoms. The van der Waals surface area contributed by atoms with Gasteiger partial charge in [0, 0.05) is 11.6 Å². The molecule has 1 N–H and O–H groups in total. The second-order valence-electron chi connectivity index (χ2n) is 5.52. The number of carbonyl (C=O) groups excluding carboxylic acids is 1. The van der Waals surface area contributed by atoms with Gasteiger partial charge in [-0.15, -0.1) is 0 Å². The molecular weight excluding hydrogens is 254 g/mol. The summed E-state index contributed by atoms with van der Waals surface area (Å²) in [4.78, 5) is 12.6. The number of hydrogen-bond acceptors (Lipinski definition) is 4. The predicted molar refractivity (Wildman–Crippen MR) is 76.2 cm³/mol. The minimum Gasteiger partial charge on any atom is -0.490 e. The van der Waals surface area contributed by atoms with Crippen LogP contribution in [0.25, 0.3) is 0 Å². The smallest absolute Gasteiger partial charge is 0.170 e. The van der Waals surface area contributed by atoms with E-state index in [9.17, 15) is 4.79 Å². The van der Waals surface area contributed by atoms with Gasteiger partial charge in [-0.25, -0.2) is 0 Å². The molecule has 0 amide bonds. The number of ketones is 1. The fraction of sp³-hybridized carbons (Fsp3) is 0.562. The van der Waals surface area contributed by atoms with E-state index in [1.165, 1.54) is 0 Å². The Morgan fingerprint density at radius 1 is 1.40 bits per heavy atom. The number of likely N-dealkylation sites (N-methyl/N-ethyl adjacent to an activating group) is 1. The molecule has 1 saturated heterocycles. The van der Waals surface area contributed by atoms with E-state index >= 15 is 0 Å². The normalized spacial score (nSPS) is 25.6. The van der Waals surface area contributed by atoms with Crippen molar-refractivity contribution in [1.29, 1.82) is 0 Å². The Hall–Kier alpha value is -1.39. The van der Waals surface area contributed by atoms with Gasteiger partial charge in [0.2, 0.25) is 0 Å². The molecule has 0 aromatic heterocycles. The molecule has 1 aromatic carbocycles. The van der Waals surface area contributed by atoms with Crippen LogP contribution in [0.15, 0.2) is 24.3 Å². The first-order valence-electron chi connectivity index (χ1n) is 7.40. The van der Waals surface area contributed by atoms with Crippen LogP contribution in [-0.4, -0.2) is 37.7 Å². The number of benzene rings is 1. The molecule has 3 rings (SSSR count). The number of nitrogens with one attached hydrogen (secondary N) is 1. The first-order valence-corrected chi connectivity index (χ1v) is 7.40. The highest BCUT2D eigenvalue weighted by Gasteiger charge is 2.34. The summed E-state index contributed by atoms with van der Waals surface area (Å²) < 4.78 is 11.2. The van der Waals surface area contributed by atoms with E-state index < -0.39 is 0 Å². The van der Waals surface area contributed by atoms with Crippen molar-refractivity contribution in [2.24, 2.45) is 5.92 Å². The van der Waals surface area contributed by atoms with Crippen LogP contribution in [0.1, 0.15) is 30.1 Å². The lowest BCUT2D eigenvalue weighted by atomic mass is 9.93. The molecule has 2 aliphatic rings. The van der Waals surface area contributed by atoms with Crippen LogP contribution in [0.4, 0.5) is 0 Å². The lowest BCUT2D eigenvalue weighted by Gasteiger charge is -2.17. The summed E-state index contributed by atoms with van der Waals surface area (Å²) in [7, 11) is 0. The number of rotatable bonds is 6. The zero-order valence-corrected chi connectivity index (χ0v) is 11.8. The van der Waals surface area contributed by atoms with Crippen LogP contribution in [0.5, 0.6) is 5.75 Å². The molecule has 1 aliphatic carbocycles. The number of Topliss-reactive ketones (excluding diaryl/α,β-unsaturated/α-hetero) is 1. The Kier molecular flexibility index (Phi) is 4.03. The van der Waals surface area contributed by atoms with Gasteiger partial charge in [0.25, 0.3) is 0 Å². The Balaban J connectivity index is 1.72. The highest BCUT2D eigenvalue weighted by atomic mass is 16.5. The maximum atomic E-state index is 12.6. The quantitative estimate of drug-likeness (QED) is 0.807. The van der Waals surface area contributed by atoms with Crippen LogP contribution < -0.4 is 10.1 Å². The molecule has 108 valence electrons. The maximum Gasteiger partial charge on any atom is 0.170 e. The van der Waals surface area contributed by atoms with Crippen LogP contribution in [-0.2, 0) is 4.74 Å². The molecular formula is C16H21NO3. The average Bonchev–Trinajstić information content (AvgIpc) is 3.15. The van der Waals surface area contributed by atoms with Gasteiger partial charge in [-0.3, -0.25) is 4.79 Å². The van der Waals surface area contributed by atoms with Gasteiger partial charge in [-0.1, -0.05) is 19.1 Å². The van der Waals surface area contributed by atoms with Gasteiger partial charge < -0.3 is 14.8 Å². The number of hydrogen-bond donors (Lipinski definition) is 1. The van der Waals surface area contributed by atoms with E-state index in [0.717, 1.165) is 30.7 Å². The van der Waals surface area contributed by atoms with E-state index in [4.69, 9.17) is 9.47 Å². The Morgan fingerprint density at radius 3 is 3.00 bits per heavy atom. The lowest BCUT2D eigenvalue weighted by molar-refractivity contribution is 0.0891. The summed E-state index contributed by atoms with van der Waals surface area (Å²) in [6, 6.07) is 7.66. The first-order chi connectivity index (χ1) is 9.78. The molecule has 1 saturated carbocycles. The Bertz CT molecular complexity index is 484. The lowest BCUT2D eigenvalue weighted by Crippen LogP contribution is -2.39. The number of ether oxygens (including phenoxy) is 2. The van der Waals surface area contributed by atoms with Gasteiger partial charge in [0.15, 0.2) is 5.78 Å². The summed E-state index contributed by atoms with van der Waals surface area (Å²) in [5.41, 5.74) is 0.724. The molecule has 0 spiro atoms. The van der Waals surface area contributed by atoms with Crippen molar-refractivity contribution in [1.82, 2.24) is 5.32 Å². The maximum absolute atomic E-state index is 12.6. The van der Waals surface area contributed by atoms with E-state index in [-0.39, 0.29) is 17.7 Å². The molecule has 20 heavy (non-hydrogen) atoms. The second-order valence-corrected chi connectivity index (χ2v) is 5.52. The first kappa shape index (κ1) is 13.6. The van der Waals surface area contributed by atoms with Crippen LogP contribution >= 0.6 is 0 Å². The summed E-state index contributed by atoms with van der Waals surface area (Å²) in [6.45, 7) is 4.01. The van der Waals surface area contributed by atoms with E-state index in [1.54, 1.807) is 0 Å². The molecule has 1 aliphatic heterocycles. The fourth-order valence-electron chi connectivity index (χ4n) is 2.59. The van der Waals surface area contributed by atoms with Crippen molar-refractivity contribution < 1.29 is 14.3 Å². The van der Waals surface area contributed by atoms with Gasteiger partial charge in [0.1, 0.15) is 5.75 Å². The minimum absolute atomic E-state index is 0.0916. The molecule has 1 aromatic rings. The predicted octanol–water partition coefficient (Wildman–Crippen LogP) is 2.04. The SMILES string of the molecule is CCNC1COCC1C(=O)c1cccc(OC2CC2)c1. The number of carbonyl (C=O) groups is 1. The summed E-state index contributed by atoms with van der Waals surface area (Å²) in [5, 5.41) is 3.32. The highest BCUT2D eigenvalue weighted by Crippen LogP contribution is 2.28. The zero-order chi connectivity index (χ0) is 13.9. The third kappa shape index (κ3) is 3.02. The van der Waals surface area contributed by atoms with Gasteiger partial charge in [0.05, 0.1) is 25.2 Å². The highest BCUT2D eigenvalue weighted by molar-refractivity contribution is 5.98. The van der Waals surface area contributed by atoms with Crippen molar-refractivity contribution in [3.05, 3.63) is 29.8 Å². The Morgan fingerprint density at radius 2 is 2.25 bits per heavy atom. The van der Waals surface area contributed by atoms with E-state index in [0.29, 0.717) is 19.3 Å². The topological polar surface area (TPSA) is 47.6 Å². The molecule has 1 heterocycles. The van der Waals surface area contributed by atoms with Crippen molar-refractivity contribution >= 4 is 5.78 Å². The zero-order valence-electron chi connectivity index (χ0n) is 11.8. The monoisotopic (exact) mass is 275 g/mol.